The SMILES string of the molecule is Cc1cc(N)nc(CCc2cccc(CCc3cc(C)cc(N)n3)n2)c1.[HH]. The Kier molecular flexibility index (Phi) is 5.46. The van der Waals surface area contributed by atoms with E-state index < -0.39 is 0 Å². The lowest BCUT2D eigenvalue weighted by Gasteiger charge is -2.07. The van der Waals surface area contributed by atoms with E-state index in [1.165, 1.54) is 0 Å². The second-order valence-electron chi connectivity index (χ2n) is 6.74. The van der Waals surface area contributed by atoms with Crippen LogP contribution in [0.4, 0.5) is 11.6 Å². The maximum absolute atomic E-state index is 5.83. The summed E-state index contributed by atoms with van der Waals surface area (Å²) in [4.78, 5) is 13.6. The summed E-state index contributed by atoms with van der Waals surface area (Å²) < 4.78 is 0. The maximum atomic E-state index is 5.83. The summed E-state index contributed by atoms with van der Waals surface area (Å²) in [7, 11) is 0. The van der Waals surface area contributed by atoms with Crippen molar-refractivity contribution in [1.82, 2.24) is 15.0 Å². The Labute approximate surface area is 156 Å². The normalized spacial score (nSPS) is 10.8. The van der Waals surface area contributed by atoms with Crippen molar-refractivity contribution in [2.24, 2.45) is 0 Å². The molecule has 4 N–H and O–H groups in total. The van der Waals surface area contributed by atoms with Crippen LogP contribution in [-0.2, 0) is 25.7 Å². The van der Waals surface area contributed by atoms with Crippen LogP contribution in [0.2, 0.25) is 0 Å². The fraction of sp³-hybridized carbons (Fsp3) is 0.286. The van der Waals surface area contributed by atoms with Crippen LogP contribution in [0.3, 0.4) is 0 Å². The van der Waals surface area contributed by atoms with Crippen molar-refractivity contribution in [3.63, 3.8) is 0 Å². The number of aryl methyl sites for hydroxylation is 6. The molecule has 26 heavy (non-hydrogen) atoms. The van der Waals surface area contributed by atoms with Crippen LogP contribution in [0.15, 0.2) is 42.5 Å². The predicted octanol–water partition coefficient (Wildman–Crippen LogP) is 3.47. The van der Waals surface area contributed by atoms with E-state index in [2.05, 4.69) is 40.3 Å². The average Bonchev–Trinajstić information content (AvgIpc) is 2.57. The van der Waals surface area contributed by atoms with Gasteiger partial charge in [0.2, 0.25) is 0 Å². The fourth-order valence-electron chi connectivity index (χ4n) is 3.11. The zero-order chi connectivity index (χ0) is 18.5. The summed E-state index contributed by atoms with van der Waals surface area (Å²) in [5.41, 5.74) is 18.1. The third kappa shape index (κ3) is 5.02. The van der Waals surface area contributed by atoms with Gasteiger partial charge >= 0.3 is 0 Å². The van der Waals surface area contributed by atoms with Gasteiger partial charge in [-0.2, -0.15) is 0 Å². The van der Waals surface area contributed by atoms with E-state index in [0.29, 0.717) is 11.6 Å². The molecule has 0 aromatic carbocycles. The Bertz CT molecular complexity index is 800. The average molecular weight is 349 g/mol. The molecule has 3 heterocycles. The lowest BCUT2D eigenvalue weighted by Crippen LogP contribution is -2.03. The molecule has 0 bridgehead atoms. The quantitative estimate of drug-likeness (QED) is 0.711. The van der Waals surface area contributed by atoms with Gasteiger partial charge in [-0.1, -0.05) is 6.07 Å². The monoisotopic (exact) mass is 349 g/mol. The third-order valence-corrected chi connectivity index (χ3v) is 4.22. The zero-order valence-electron chi connectivity index (χ0n) is 15.4. The number of hydrogen-bond donors (Lipinski definition) is 2. The number of pyridine rings is 3. The topological polar surface area (TPSA) is 90.7 Å². The van der Waals surface area contributed by atoms with Crippen molar-refractivity contribution in [2.45, 2.75) is 39.5 Å². The molecule has 5 nitrogen and oxygen atoms in total. The summed E-state index contributed by atoms with van der Waals surface area (Å²) in [6, 6.07) is 14.1. The molecule has 3 aromatic rings. The van der Waals surface area contributed by atoms with E-state index in [1.54, 1.807) is 0 Å². The number of hydrogen-bond acceptors (Lipinski definition) is 5. The molecular weight excluding hydrogens is 322 g/mol. The highest BCUT2D eigenvalue weighted by atomic mass is 14.8. The van der Waals surface area contributed by atoms with Gasteiger partial charge in [0.25, 0.3) is 0 Å². The number of aromatic nitrogens is 3. The fourth-order valence-corrected chi connectivity index (χ4v) is 3.11. The van der Waals surface area contributed by atoms with Gasteiger partial charge < -0.3 is 11.5 Å². The summed E-state index contributed by atoms with van der Waals surface area (Å²) in [5.74, 6) is 1.15. The summed E-state index contributed by atoms with van der Waals surface area (Å²) >= 11 is 0. The highest BCUT2D eigenvalue weighted by Crippen LogP contribution is 2.12. The number of anilines is 2. The van der Waals surface area contributed by atoms with Crippen LogP contribution >= 0.6 is 0 Å². The molecule has 0 radical (unpaired) electrons. The molecule has 0 amide bonds. The van der Waals surface area contributed by atoms with Gasteiger partial charge in [0.15, 0.2) is 0 Å². The van der Waals surface area contributed by atoms with Crippen LogP contribution in [0, 0.1) is 13.8 Å². The van der Waals surface area contributed by atoms with Crippen molar-refractivity contribution in [3.8, 4) is 0 Å². The van der Waals surface area contributed by atoms with Gasteiger partial charge in [-0.3, -0.25) is 4.98 Å². The van der Waals surface area contributed by atoms with Crippen LogP contribution < -0.4 is 11.5 Å². The first-order chi connectivity index (χ1) is 12.5. The Hall–Kier alpha value is -2.95. The predicted molar refractivity (Wildman–Crippen MR) is 108 cm³/mol. The Morgan fingerprint density at radius 1 is 0.654 bits per heavy atom. The first-order valence-corrected chi connectivity index (χ1v) is 8.89. The van der Waals surface area contributed by atoms with Crippen molar-refractivity contribution in [3.05, 3.63) is 76.4 Å². The minimum Gasteiger partial charge on any atom is -0.384 e. The number of nitrogen functional groups attached to an aromatic ring is 2. The summed E-state index contributed by atoms with van der Waals surface area (Å²) in [5, 5.41) is 0. The molecular formula is C21H27N5. The maximum Gasteiger partial charge on any atom is 0.123 e. The third-order valence-electron chi connectivity index (χ3n) is 4.22. The molecule has 0 unspecified atom stereocenters. The van der Waals surface area contributed by atoms with Crippen molar-refractivity contribution < 1.29 is 1.43 Å². The van der Waals surface area contributed by atoms with Gasteiger partial charge in [0.05, 0.1) is 0 Å². The van der Waals surface area contributed by atoms with Gasteiger partial charge in [-0.25, -0.2) is 9.97 Å². The molecule has 0 saturated carbocycles. The molecule has 3 rings (SSSR count). The molecule has 0 fully saturated rings. The zero-order valence-corrected chi connectivity index (χ0v) is 15.4. The molecule has 5 heteroatoms. The second-order valence-corrected chi connectivity index (χ2v) is 6.74. The molecule has 0 aliphatic rings. The smallest absolute Gasteiger partial charge is 0.123 e. The van der Waals surface area contributed by atoms with Crippen LogP contribution in [-0.4, -0.2) is 15.0 Å². The van der Waals surface area contributed by atoms with Gasteiger partial charge in [0.1, 0.15) is 11.6 Å². The van der Waals surface area contributed by atoms with E-state index >= 15 is 0 Å². The Morgan fingerprint density at radius 3 is 1.50 bits per heavy atom. The number of rotatable bonds is 6. The van der Waals surface area contributed by atoms with E-state index in [1.807, 2.05) is 26.0 Å². The van der Waals surface area contributed by atoms with E-state index in [9.17, 15) is 0 Å². The Morgan fingerprint density at radius 2 is 1.08 bits per heavy atom. The highest BCUT2D eigenvalue weighted by Gasteiger charge is 2.04. The summed E-state index contributed by atoms with van der Waals surface area (Å²) in [6.45, 7) is 4.07. The van der Waals surface area contributed by atoms with Gasteiger partial charge in [-0.05, 0) is 87.1 Å². The standard InChI is InChI=1S/C21H25N5.H2/c1-14-10-18(25-20(22)12-14)8-6-16-4-3-5-17(24-16)7-9-19-11-15(2)13-21(23)26-19;/h3-5,10-13H,6-9H2,1-2H3,(H2,22,25)(H2,23,26);1H. The van der Waals surface area contributed by atoms with Crippen molar-refractivity contribution >= 4 is 11.6 Å². The molecule has 3 aromatic heterocycles. The van der Waals surface area contributed by atoms with Crippen molar-refractivity contribution in [2.75, 3.05) is 11.5 Å². The van der Waals surface area contributed by atoms with Crippen LogP contribution in [0.1, 0.15) is 35.3 Å². The minimum absolute atomic E-state index is 0. The van der Waals surface area contributed by atoms with Crippen LogP contribution in [0.5, 0.6) is 0 Å². The molecule has 0 aliphatic heterocycles. The van der Waals surface area contributed by atoms with E-state index in [-0.39, 0.29) is 1.43 Å². The van der Waals surface area contributed by atoms with E-state index in [4.69, 9.17) is 16.5 Å². The van der Waals surface area contributed by atoms with E-state index in [0.717, 1.165) is 59.6 Å². The lowest BCUT2D eigenvalue weighted by atomic mass is 10.1. The summed E-state index contributed by atoms with van der Waals surface area (Å²) in [6.07, 6.45) is 3.36. The molecule has 0 saturated heterocycles. The molecule has 0 spiro atoms. The van der Waals surface area contributed by atoms with Crippen molar-refractivity contribution in [1.29, 1.82) is 0 Å². The lowest BCUT2D eigenvalue weighted by molar-refractivity contribution is 0.833. The Balaban J connectivity index is 0.00000261. The molecule has 0 atom stereocenters. The van der Waals surface area contributed by atoms with Crippen LogP contribution in [0.25, 0.3) is 0 Å². The second kappa shape index (κ2) is 7.95. The highest BCUT2D eigenvalue weighted by molar-refractivity contribution is 5.35. The minimum atomic E-state index is 0. The van der Waals surface area contributed by atoms with Gasteiger partial charge in [0, 0.05) is 24.2 Å². The number of nitrogens with zero attached hydrogens (tertiary/aromatic N) is 3. The largest absolute Gasteiger partial charge is 0.384 e. The molecule has 136 valence electrons. The van der Waals surface area contributed by atoms with Gasteiger partial charge in [-0.15, -0.1) is 0 Å². The number of nitrogens with two attached hydrogens (primary N) is 2. The molecule has 0 aliphatic carbocycles. The first kappa shape index (κ1) is 17.9. The first-order valence-electron chi connectivity index (χ1n) is 8.89.